The number of rotatable bonds is 7. The van der Waals surface area contributed by atoms with E-state index in [1.54, 1.807) is 74.5 Å². The van der Waals surface area contributed by atoms with Crippen molar-refractivity contribution < 1.29 is 23.8 Å². The molecule has 9 heteroatoms. The molecule has 0 aromatic heterocycles. The topological polar surface area (TPSA) is 98.3 Å². The van der Waals surface area contributed by atoms with E-state index in [1.807, 2.05) is 6.92 Å². The predicted octanol–water partition coefficient (Wildman–Crippen LogP) is 4.94. The van der Waals surface area contributed by atoms with Gasteiger partial charge in [-0.05, 0) is 80.4 Å². The minimum absolute atomic E-state index is 0.141. The maximum Gasteiger partial charge on any atom is 0.271 e. The molecule has 3 aromatic rings. The van der Waals surface area contributed by atoms with Crippen LogP contribution in [0.25, 0.3) is 0 Å². The first kappa shape index (κ1) is 24.1. The Bertz CT molecular complexity index is 1290. The van der Waals surface area contributed by atoms with Crippen LogP contribution in [-0.2, 0) is 4.79 Å². The van der Waals surface area contributed by atoms with Crippen molar-refractivity contribution in [3.63, 3.8) is 0 Å². The summed E-state index contributed by atoms with van der Waals surface area (Å²) in [5, 5.41) is 7.61. The Labute approximate surface area is 207 Å². The van der Waals surface area contributed by atoms with Crippen LogP contribution in [0.2, 0.25) is 5.02 Å². The number of halogens is 1. The average molecular weight is 494 g/mol. The van der Waals surface area contributed by atoms with E-state index in [9.17, 15) is 9.59 Å². The molecule has 0 bridgehead atoms. The third-order valence-corrected chi connectivity index (χ3v) is 5.58. The Morgan fingerprint density at radius 3 is 2.46 bits per heavy atom. The largest absolute Gasteiger partial charge is 0.481 e. The van der Waals surface area contributed by atoms with Crippen LogP contribution in [0.15, 0.2) is 65.8 Å². The van der Waals surface area contributed by atoms with E-state index in [2.05, 4.69) is 15.8 Å². The summed E-state index contributed by atoms with van der Waals surface area (Å²) in [7, 11) is 0. The maximum atomic E-state index is 12.5. The van der Waals surface area contributed by atoms with Gasteiger partial charge in [0.2, 0.25) is 6.79 Å². The molecule has 0 spiro atoms. The van der Waals surface area contributed by atoms with Crippen molar-refractivity contribution in [1.29, 1.82) is 0 Å². The van der Waals surface area contributed by atoms with Gasteiger partial charge in [-0.15, -0.1) is 0 Å². The second-order valence-corrected chi connectivity index (χ2v) is 8.38. The van der Waals surface area contributed by atoms with E-state index in [4.69, 9.17) is 25.8 Å². The van der Waals surface area contributed by atoms with Gasteiger partial charge in [-0.3, -0.25) is 9.59 Å². The Kier molecular flexibility index (Phi) is 7.22. The molecule has 2 amide bonds. The molecule has 0 aliphatic carbocycles. The second-order valence-electron chi connectivity index (χ2n) is 7.94. The highest BCUT2D eigenvalue weighted by Gasteiger charge is 2.17. The fourth-order valence-electron chi connectivity index (χ4n) is 3.33. The van der Waals surface area contributed by atoms with Crippen molar-refractivity contribution in [1.82, 2.24) is 5.43 Å². The van der Waals surface area contributed by atoms with E-state index in [-0.39, 0.29) is 18.6 Å². The number of amides is 2. The minimum atomic E-state index is -0.704. The lowest BCUT2D eigenvalue weighted by Gasteiger charge is -2.16. The summed E-state index contributed by atoms with van der Waals surface area (Å²) < 4.78 is 16.3. The highest BCUT2D eigenvalue weighted by molar-refractivity contribution is 6.30. The SMILES string of the molecule is C/C(=N\NC(=O)c1ccc2c(c1)OCO2)c1ccc(NC(=O)[C@@H](C)Oc2ccc(Cl)cc2C)cc1. The lowest BCUT2D eigenvalue weighted by molar-refractivity contribution is -0.122. The molecule has 0 saturated carbocycles. The molecular weight excluding hydrogens is 470 g/mol. The number of anilines is 1. The van der Waals surface area contributed by atoms with Crippen LogP contribution in [-0.4, -0.2) is 30.4 Å². The van der Waals surface area contributed by atoms with Gasteiger partial charge in [0.05, 0.1) is 5.71 Å². The van der Waals surface area contributed by atoms with Crippen LogP contribution < -0.4 is 25.0 Å². The van der Waals surface area contributed by atoms with Gasteiger partial charge in [0.1, 0.15) is 5.75 Å². The number of benzene rings is 3. The van der Waals surface area contributed by atoms with Crippen LogP contribution in [0.4, 0.5) is 5.69 Å². The van der Waals surface area contributed by atoms with Gasteiger partial charge in [0.15, 0.2) is 17.6 Å². The molecule has 0 radical (unpaired) electrons. The van der Waals surface area contributed by atoms with Crippen LogP contribution in [0.5, 0.6) is 17.2 Å². The van der Waals surface area contributed by atoms with Crippen molar-refractivity contribution in [3.05, 3.63) is 82.4 Å². The number of hydrogen-bond acceptors (Lipinski definition) is 6. The number of carbonyl (C=O) groups is 2. The molecule has 3 aromatic carbocycles. The number of hydrazone groups is 1. The fraction of sp³-hybridized carbons (Fsp3) is 0.192. The monoisotopic (exact) mass is 493 g/mol. The number of carbonyl (C=O) groups excluding carboxylic acids is 2. The highest BCUT2D eigenvalue weighted by atomic mass is 35.5. The third-order valence-electron chi connectivity index (χ3n) is 5.34. The van der Waals surface area contributed by atoms with Crippen LogP contribution in [0.3, 0.4) is 0 Å². The summed E-state index contributed by atoms with van der Waals surface area (Å²) in [6, 6.07) is 17.3. The van der Waals surface area contributed by atoms with Gasteiger partial charge in [0, 0.05) is 16.3 Å². The lowest BCUT2D eigenvalue weighted by atomic mass is 10.1. The van der Waals surface area contributed by atoms with Crippen molar-refractivity contribution in [2.45, 2.75) is 26.9 Å². The zero-order valence-corrected chi connectivity index (χ0v) is 20.2. The average Bonchev–Trinajstić information content (AvgIpc) is 3.32. The molecule has 0 fully saturated rings. The number of aryl methyl sites for hydroxylation is 1. The first-order valence-electron chi connectivity index (χ1n) is 10.9. The molecule has 1 aliphatic heterocycles. The first-order chi connectivity index (χ1) is 16.8. The van der Waals surface area contributed by atoms with E-state index in [0.717, 1.165) is 11.1 Å². The third kappa shape index (κ3) is 5.91. The van der Waals surface area contributed by atoms with E-state index in [0.29, 0.717) is 39.2 Å². The molecule has 1 atom stereocenters. The van der Waals surface area contributed by atoms with Gasteiger partial charge in [-0.2, -0.15) is 5.10 Å². The number of nitrogens with zero attached hydrogens (tertiary/aromatic N) is 1. The number of ether oxygens (including phenoxy) is 3. The maximum absolute atomic E-state index is 12.5. The quantitative estimate of drug-likeness (QED) is 0.359. The van der Waals surface area contributed by atoms with Crippen molar-refractivity contribution >= 4 is 34.8 Å². The van der Waals surface area contributed by atoms with Gasteiger partial charge >= 0.3 is 0 Å². The molecular formula is C26H24ClN3O5. The van der Waals surface area contributed by atoms with Gasteiger partial charge < -0.3 is 19.5 Å². The molecule has 8 nitrogen and oxygen atoms in total. The molecule has 0 unspecified atom stereocenters. The summed E-state index contributed by atoms with van der Waals surface area (Å²) >= 11 is 5.97. The van der Waals surface area contributed by atoms with E-state index in [1.165, 1.54) is 0 Å². The van der Waals surface area contributed by atoms with Gasteiger partial charge in [-0.25, -0.2) is 5.43 Å². The predicted molar refractivity (Wildman–Crippen MR) is 134 cm³/mol. The summed E-state index contributed by atoms with van der Waals surface area (Å²) in [5.74, 6) is 1.08. The van der Waals surface area contributed by atoms with Crippen molar-refractivity contribution in [2.24, 2.45) is 5.10 Å². The molecule has 1 heterocycles. The van der Waals surface area contributed by atoms with Crippen LogP contribution >= 0.6 is 11.6 Å². The Morgan fingerprint density at radius 2 is 1.71 bits per heavy atom. The normalized spacial score (nSPS) is 13.2. The van der Waals surface area contributed by atoms with Gasteiger partial charge in [-0.1, -0.05) is 23.7 Å². The number of fused-ring (bicyclic) bond motifs is 1. The molecule has 0 saturated heterocycles. The number of nitrogens with one attached hydrogen (secondary N) is 2. The fourth-order valence-corrected chi connectivity index (χ4v) is 3.56. The zero-order chi connectivity index (χ0) is 24.9. The minimum Gasteiger partial charge on any atom is -0.481 e. The smallest absolute Gasteiger partial charge is 0.271 e. The van der Waals surface area contributed by atoms with E-state index >= 15 is 0 Å². The van der Waals surface area contributed by atoms with E-state index < -0.39 is 6.10 Å². The van der Waals surface area contributed by atoms with Crippen LogP contribution in [0.1, 0.15) is 35.3 Å². The number of hydrogen-bond donors (Lipinski definition) is 2. The zero-order valence-electron chi connectivity index (χ0n) is 19.4. The summed E-state index contributed by atoms with van der Waals surface area (Å²) in [5.41, 5.74) is 5.80. The summed E-state index contributed by atoms with van der Waals surface area (Å²) in [4.78, 5) is 25.0. The van der Waals surface area contributed by atoms with Gasteiger partial charge in [0.25, 0.3) is 11.8 Å². The van der Waals surface area contributed by atoms with Crippen molar-refractivity contribution in [3.8, 4) is 17.2 Å². The Balaban J connectivity index is 1.33. The molecule has 35 heavy (non-hydrogen) atoms. The molecule has 2 N–H and O–H groups in total. The molecule has 4 rings (SSSR count). The Hall–Kier alpha value is -4.04. The first-order valence-corrected chi connectivity index (χ1v) is 11.3. The summed E-state index contributed by atoms with van der Waals surface area (Å²) in [6.45, 7) is 5.46. The molecule has 180 valence electrons. The second kappa shape index (κ2) is 10.5. The van der Waals surface area contributed by atoms with Crippen LogP contribution in [0, 0.1) is 6.92 Å². The lowest BCUT2D eigenvalue weighted by Crippen LogP contribution is -2.30. The highest BCUT2D eigenvalue weighted by Crippen LogP contribution is 2.32. The molecule has 1 aliphatic rings. The Morgan fingerprint density at radius 1 is 1.00 bits per heavy atom. The standard InChI is InChI=1S/C26H24ClN3O5/c1-15-12-20(27)7-11-22(15)35-17(3)25(31)28-21-8-4-18(5-9-21)16(2)29-30-26(32)19-6-10-23-24(13-19)34-14-33-23/h4-13,17H,14H2,1-3H3,(H,28,31)(H,30,32)/b29-16+/t17-/m1/s1. The summed E-state index contributed by atoms with van der Waals surface area (Å²) in [6.07, 6.45) is -0.704. The van der Waals surface area contributed by atoms with Crippen molar-refractivity contribution in [2.75, 3.05) is 12.1 Å².